The molecule has 2 bridgehead atoms. The highest BCUT2D eigenvalue weighted by atomic mass is 16.3. The van der Waals surface area contributed by atoms with Crippen molar-refractivity contribution in [2.24, 2.45) is 11.8 Å². The number of hydrogen-bond donors (Lipinski definition) is 3. The maximum Gasteiger partial charge on any atom is 0.220 e. The van der Waals surface area contributed by atoms with E-state index in [2.05, 4.69) is 47.1 Å². The van der Waals surface area contributed by atoms with E-state index in [9.17, 15) is 9.90 Å². The fourth-order valence-electron chi connectivity index (χ4n) is 3.35. The van der Waals surface area contributed by atoms with Crippen molar-refractivity contribution in [3.8, 4) is 0 Å². The van der Waals surface area contributed by atoms with Gasteiger partial charge in [-0.3, -0.25) is 4.79 Å². The molecule has 1 aromatic carbocycles. The summed E-state index contributed by atoms with van der Waals surface area (Å²) in [5, 5.41) is 15.9. The molecule has 24 heavy (non-hydrogen) atoms. The number of fused-ring (bicyclic) bond motifs is 2. The van der Waals surface area contributed by atoms with Gasteiger partial charge in [0.2, 0.25) is 5.91 Å². The maximum absolute atomic E-state index is 11.9. The van der Waals surface area contributed by atoms with E-state index in [-0.39, 0.29) is 18.6 Å². The Morgan fingerprint density at radius 1 is 1.04 bits per heavy atom. The lowest BCUT2D eigenvalue weighted by molar-refractivity contribution is -0.121. The smallest absolute Gasteiger partial charge is 0.220 e. The number of benzene rings is 1. The molecule has 0 radical (unpaired) electrons. The molecular formula is C20H26N2O2. The standard InChI is InChI=1S/C20H26N2O2/c23-14-15-7-9-18(10-8-15)19-3-1-2-4-20(24)22-13-17-6-5-16(11-17)12-21-19/h1,3,5-10,16-17,19,21,23H,2,4,11-14H2,(H,22,24)/b3-1+/t16-,17+,19+/m1/s1. The third kappa shape index (κ3) is 4.56. The van der Waals surface area contributed by atoms with E-state index < -0.39 is 0 Å². The van der Waals surface area contributed by atoms with Crippen molar-refractivity contribution in [3.05, 3.63) is 59.7 Å². The minimum Gasteiger partial charge on any atom is -0.392 e. The largest absolute Gasteiger partial charge is 0.392 e. The monoisotopic (exact) mass is 326 g/mol. The van der Waals surface area contributed by atoms with Crippen molar-refractivity contribution in [2.75, 3.05) is 13.1 Å². The highest BCUT2D eigenvalue weighted by Crippen LogP contribution is 2.24. The highest BCUT2D eigenvalue weighted by Gasteiger charge is 2.20. The van der Waals surface area contributed by atoms with Crippen LogP contribution in [0.15, 0.2) is 48.6 Å². The Labute approximate surface area is 143 Å². The summed E-state index contributed by atoms with van der Waals surface area (Å²) in [5.74, 6) is 1.10. The Bertz CT molecular complexity index is 607. The first kappa shape index (κ1) is 16.9. The average Bonchev–Trinajstić information content (AvgIpc) is 3.07. The molecule has 1 heterocycles. The van der Waals surface area contributed by atoms with E-state index >= 15 is 0 Å². The third-order valence-corrected chi connectivity index (χ3v) is 4.81. The second-order valence-electron chi connectivity index (χ2n) is 6.70. The molecular weight excluding hydrogens is 300 g/mol. The molecule has 3 N–H and O–H groups in total. The molecule has 1 aliphatic carbocycles. The fraction of sp³-hybridized carbons (Fsp3) is 0.450. The molecule has 4 heteroatoms. The summed E-state index contributed by atoms with van der Waals surface area (Å²) in [4.78, 5) is 11.9. The van der Waals surface area contributed by atoms with Crippen LogP contribution in [-0.4, -0.2) is 24.1 Å². The Kier molecular flexibility index (Phi) is 5.83. The molecule has 4 nitrogen and oxygen atoms in total. The van der Waals surface area contributed by atoms with Crippen LogP contribution in [0.1, 0.15) is 36.4 Å². The van der Waals surface area contributed by atoms with E-state index in [0.717, 1.165) is 31.5 Å². The van der Waals surface area contributed by atoms with Gasteiger partial charge in [0.05, 0.1) is 12.6 Å². The van der Waals surface area contributed by atoms with Gasteiger partial charge in [-0.05, 0) is 35.8 Å². The van der Waals surface area contributed by atoms with Crippen molar-refractivity contribution in [1.29, 1.82) is 0 Å². The van der Waals surface area contributed by atoms with Crippen LogP contribution < -0.4 is 10.6 Å². The third-order valence-electron chi connectivity index (χ3n) is 4.81. The minimum absolute atomic E-state index is 0.0670. The topological polar surface area (TPSA) is 61.4 Å². The molecule has 2 aliphatic rings. The van der Waals surface area contributed by atoms with Crippen molar-refractivity contribution in [3.63, 3.8) is 0 Å². The number of aliphatic hydroxyl groups excluding tert-OH is 1. The average molecular weight is 326 g/mol. The summed E-state index contributed by atoms with van der Waals surface area (Å²) >= 11 is 0. The lowest BCUT2D eigenvalue weighted by Crippen LogP contribution is -2.29. The van der Waals surface area contributed by atoms with Crippen LogP contribution in [0.25, 0.3) is 0 Å². The van der Waals surface area contributed by atoms with Crippen LogP contribution in [0.3, 0.4) is 0 Å². The van der Waals surface area contributed by atoms with Crippen molar-refractivity contribution >= 4 is 5.91 Å². The zero-order valence-corrected chi connectivity index (χ0v) is 13.9. The Balaban J connectivity index is 1.73. The van der Waals surface area contributed by atoms with E-state index in [1.807, 2.05) is 12.1 Å². The van der Waals surface area contributed by atoms with Gasteiger partial charge in [-0.2, -0.15) is 0 Å². The normalized spacial score (nSPS) is 29.2. The first-order chi connectivity index (χ1) is 11.7. The van der Waals surface area contributed by atoms with Crippen molar-refractivity contribution in [1.82, 2.24) is 10.6 Å². The zero-order valence-electron chi connectivity index (χ0n) is 13.9. The first-order valence-corrected chi connectivity index (χ1v) is 8.79. The van der Waals surface area contributed by atoms with Crippen molar-refractivity contribution in [2.45, 2.75) is 31.9 Å². The predicted octanol–water partition coefficient (Wildman–Crippen LogP) is 2.47. The molecule has 3 rings (SSSR count). The molecule has 1 aromatic rings. The van der Waals surface area contributed by atoms with Crippen LogP contribution in [0, 0.1) is 11.8 Å². The molecule has 128 valence electrons. The number of aliphatic hydroxyl groups is 1. The molecule has 0 saturated heterocycles. The molecule has 0 unspecified atom stereocenters. The number of allylic oxidation sites excluding steroid dienone is 1. The van der Waals surface area contributed by atoms with Crippen LogP contribution in [-0.2, 0) is 11.4 Å². The lowest BCUT2D eigenvalue weighted by atomic mass is 10.0. The summed E-state index contributed by atoms with van der Waals surface area (Å²) in [6.45, 7) is 1.75. The summed E-state index contributed by atoms with van der Waals surface area (Å²) in [6, 6.07) is 8.18. The molecule has 0 saturated carbocycles. The molecule has 1 amide bonds. The van der Waals surface area contributed by atoms with Gasteiger partial charge in [0.25, 0.3) is 0 Å². The highest BCUT2D eigenvalue weighted by molar-refractivity contribution is 5.76. The number of amides is 1. The van der Waals surface area contributed by atoms with Gasteiger partial charge in [0.15, 0.2) is 0 Å². The van der Waals surface area contributed by atoms with Gasteiger partial charge >= 0.3 is 0 Å². The van der Waals surface area contributed by atoms with Crippen LogP contribution in [0.2, 0.25) is 0 Å². The molecule has 0 spiro atoms. The SMILES string of the molecule is O=C1CC/C=C/[C@@H](c2ccc(CO)cc2)NC[C@@H]2C=C[C@H](CN1)C2. The number of nitrogens with one attached hydrogen (secondary N) is 2. The van der Waals surface area contributed by atoms with E-state index in [0.29, 0.717) is 18.3 Å². The number of carbonyl (C=O) groups is 1. The number of carbonyl (C=O) groups excluding carboxylic acids is 1. The molecule has 0 aromatic heterocycles. The second kappa shape index (κ2) is 8.27. The number of rotatable bonds is 2. The summed E-state index contributed by atoms with van der Waals surface area (Å²) in [5.41, 5.74) is 2.10. The zero-order chi connectivity index (χ0) is 16.8. The molecule has 0 fully saturated rings. The van der Waals surface area contributed by atoms with Crippen LogP contribution in [0.4, 0.5) is 0 Å². The molecule has 1 aliphatic heterocycles. The van der Waals surface area contributed by atoms with Gasteiger partial charge in [-0.15, -0.1) is 0 Å². The second-order valence-corrected chi connectivity index (χ2v) is 6.70. The molecule has 3 atom stereocenters. The summed E-state index contributed by atoms with van der Waals surface area (Å²) in [7, 11) is 0. The van der Waals surface area contributed by atoms with Gasteiger partial charge in [0.1, 0.15) is 0 Å². The van der Waals surface area contributed by atoms with Crippen LogP contribution in [0.5, 0.6) is 0 Å². The Morgan fingerprint density at radius 2 is 1.79 bits per heavy atom. The first-order valence-electron chi connectivity index (χ1n) is 8.79. The predicted molar refractivity (Wildman–Crippen MR) is 95.2 cm³/mol. The summed E-state index contributed by atoms with van der Waals surface area (Å²) < 4.78 is 0. The fourth-order valence-corrected chi connectivity index (χ4v) is 3.35. The number of hydrogen-bond acceptors (Lipinski definition) is 3. The van der Waals surface area contributed by atoms with Gasteiger partial charge in [-0.1, -0.05) is 48.6 Å². The lowest BCUT2D eigenvalue weighted by Gasteiger charge is -2.19. The summed E-state index contributed by atoms with van der Waals surface area (Å²) in [6.07, 6.45) is 11.1. The van der Waals surface area contributed by atoms with Gasteiger partial charge in [0, 0.05) is 19.5 Å². The Morgan fingerprint density at radius 3 is 2.54 bits per heavy atom. The quantitative estimate of drug-likeness (QED) is 0.732. The maximum atomic E-state index is 11.9. The Hall–Kier alpha value is -1.91. The van der Waals surface area contributed by atoms with Crippen molar-refractivity contribution < 1.29 is 9.90 Å². The van der Waals surface area contributed by atoms with E-state index in [1.165, 1.54) is 5.56 Å². The van der Waals surface area contributed by atoms with E-state index in [1.54, 1.807) is 0 Å². The van der Waals surface area contributed by atoms with E-state index in [4.69, 9.17) is 0 Å². The van der Waals surface area contributed by atoms with Gasteiger partial charge in [-0.25, -0.2) is 0 Å². The van der Waals surface area contributed by atoms with Crippen LogP contribution >= 0.6 is 0 Å². The minimum atomic E-state index is 0.0670. The van der Waals surface area contributed by atoms with Gasteiger partial charge < -0.3 is 15.7 Å².